The fourth-order valence-electron chi connectivity index (χ4n) is 3.86. The minimum atomic E-state index is 0.0556. The molecule has 1 fully saturated rings. The fraction of sp³-hybridized carbons (Fsp3) is 0.476. The summed E-state index contributed by atoms with van der Waals surface area (Å²) in [7, 11) is 0. The van der Waals surface area contributed by atoms with Crippen molar-refractivity contribution in [2.45, 2.75) is 65.8 Å². The second-order valence-corrected chi connectivity index (χ2v) is 7.83. The summed E-state index contributed by atoms with van der Waals surface area (Å²) in [6, 6.07) is 2.04. The second kappa shape index (κ2) is 6.96. The van der Waals surface area contributed by atoms with Crippen LogP contribution in [-0.2, 0) is 6.42 Å². The highest BCUT2D eigenvalue weighted by Gasteiger charge is 2.30. The van der Waals surface area contributed by atoms with Gasteiger partial charge in [0.1, 0.15) is 5.82 Å². The van der Waals surface area contributed by atoms with Crippen molar-refractivity contribution in [1.82, 2.24) is 29.5 Å². The summed E-state index contributed by atoms with van der Waals surface area (Å²) in [6.07, 6.45) is 6.64. The SMILES string of the molecule is CC(=O)c1c(C)nn(C(C)Cc2nc(C3CC3)nn2-c2ccncc2C)c1C. The molecule has 0 N–H and O–H groups in total. The van der Waals surface area contributed by atoms with E-state index in [0.717, 1.165) is 52.7 Å². The normalized spacial score (nSPS) is 15.0. The van der Waals surface area contributed by atoms with E-state index in [1.165, 1.54) is 0 Å². The van der Waals surface area contributed by atoms with E-state index < -0.39 is 0 Å². The van der Waals surface area contributed by atoms with Crippen LogP contribution >= 0.6 is 0 Å². The number of nitrogens with zero attached hydrogens (tertiary/aromatic N) is 6. The van der Waals surface area contributed by atoms with Crippen molar-refractivity contribution in [1.29, 1.82) is 0 Å². The van der Waals surface area contributed by atoms with Gasteiger partial charge in [-0.05, 0) is 59.1 Å². The summed E-state index contributed by atoms with van der Waals surface area (Å²) >= 11 is 0. The molecule has 1 saturated carbocycles. The van der Waals surface area contributed by atoms with Crippen LogP contribution in [0.2, 0.25) is 0 Å². The number of rotatable bonds is 6. The van der Waals surface area contributed by atoms with Crippen molar-refractivity contribution < 1.29 is 4.79 Å². The van der Waals surface area contributed by atoms with Crippen LogP contribution in [0.4, 0.5) is 0 Å². The summed E-state index contributed by atoms with van der Waals surface area (Å²) in [4.78, 5) is 21.0. The number of carbonyl (C=O) groups is 1. The van der Waals surface area contributed by atoms with Crippen molar-refractivity contribution in [3.8, 4) is 5.69 Å². The van der Waals surface area contributed by atoms with E-state index in [4.69, 9.17) is 10.1 Å². The molecule has 0 amide bonds. The van der Waals surface area contributed by atoms with E-state index in [1.807, 2.05) is 42.4 Å². The maximum Gasteiger partial charge on any atom is 0.163 e. The molecule has 7 nitrogen and oxygen atoms in total. The Morgan fingerprint density at radius 3 is 2.61 bits per heavy atom. The Morgan fingerprint density at radius 2 is 2.00 bits per heavy atom. The predicted molar refractivity (Wildman–Crippen MR) is 106 cm³/mol. The minimum absolute atomic E-state index is 0.0556. The third-order valence-corrected chi connectivity index (χ3v) is 5.42. The molecule has 3 heterocycles. The first-order valence-electron chi connectivity index (χ1n) is 9.80. The molecule has 28 heavy (non-hydrogen) atoms. The molecule has 0 aliphatic heterocycles. The van der Waals surface area contributed by atoms with Crippen LogP contribution in [0.5, 0.6) is 0 Å². The monoisotopic (exact) mass is 378 g/mol. The van der Waals surface area contributed by atoms with Crippen LogP contribution in [-0.4, -0.2) is 35.3 Å². The average Bonchev–Trinajstić information content (AvgIpc) is 3.34. The molecule has 4 rings (SSSR count). The number of carbonyl (C=O) groups excluding carboxylic acids is 1. The molecule has 146 valence electrons. The molecule has 3 aromatic heterocycles. The highest BCUT2D eigenvalue weighted by Crippen LogP contribution is 2.38. The van der Waals surface area contributed by atoms with Crippen molar-refractivity contribution in [3.05, 3.63) is 52.6 Å². The highest BCUT2D eigenvalue weighted by atomic mass is 16.1. The summed E-state index contributed by atoms with van der Waals surface area (Å²) in [6.45, 7) is 9.59. The molecule has 0 spiro atoms. The first kappa shape index (κ1) is 18.5. The number of Topliss-reactive ketones (excluding diaryl/α,β-unsaturated/α-hetero) is 1. The summed E-state index contributed by atoms with van der Waals surface area (Å²) in [5.74, 6) is 2.38. The van der Waals surface area contributed by atoms with Gasteiger partial charge < -0.3 is 0 Å². The van der Waals surface area contributed by atoms with Crippen LogP contribution in [0.1, 0.15) is 77.6 Å². The average molecular weight is 378 g/mol. The number of ketones is 1. The van der Waals surface area contributed by atoms with Gasteiger partial charge in [-0.2, -0.15) is 10.2 Å². The van der Waals surface area contributed by atoms with E-state index >= 15 is 0 Å². The van der Waals surface area contributed by atoms with Gasteiger partial charge in [-0.1, -0.05) is 0 Å². The first-order chi connectivity index (χ1) is 13.4. The molecule has 7 heteroatoms. The molecule has 1 aliphatic carbocycles. The molecular formula is C21H26N6O. The largest absolute Gasteiger partial charge is 0.294 e. The van der Waals surface area contributed by atoms with E-state index in [1.54, 1.807) is 13.1 Å². The summed E-state index contributed by atoms with van der Waals surface area (Å²) in [5.41, 5.74) is 4.48. The Balaban J connectivity index is 1.71. The van der Waals surface area contributed by atoms with Gasteiger partial charge in [0.25, 0.3) is 0 Å². The van der Waals surface area contributed by atoms with Gasteiger partial charge in [-0.25, -0.2) is 9.67 Å². The van der Waals surface area contributed by atoms with Crippen LogP contribution in [0, 0.1) is 20.8 Å². The molecule has 0 aromatic carbocycles. The smallest absolute Gasteiger partial charge is 0.163 e. The lowest BCUT2D eigenvalue weighted by Gasteiger charge is -2.15. The summed E-state index contributed by atoms with van der Waals surface area (Å²) in [5, 5.41) is 9.45. The van der Waals surface area contributed by atoms with Crippen molar-refractivity contribution in [2.24, 2.45) is 0 Å². The van der Waals surface area contributed by atoms with Gasteiger partial charge in [0, 0.05) is 30.4 Å². The second-order valence-electron chi connectivity index (χ2n) is 7.83. The van der Waals surface area contributed by atoms with Crippen LogP contribution in [0.25, 0.3) is 5.69 Å². The maximum atomic E-state index is 12.0. The fourth-order valence-corrected chi connectivity index (χ4v) is 3.86. The Kier molecular flexibility index (Phi) is 4.61. The number of hydrogen-bond acceptors (Lipinski definition) is 5. The van der Waals surface area contributed by atoms with Gasteiger partial charge in [0.15, 0.2) is 11.6 Å². The third kappa shape index (κ3) is 3.25. The van der Waals surface area contributed by atoms with Crippen molar-refractivity contribution >= 4 is 5.78 Å². The van der Waals surface area contributed by atoms with E-state index in [-0.39, 0.29) is 11.8 Å². The molecule has 3 aromatic rings. The molecule has 1 aliphatic rings. The Morgan fingerprint density at radius 1 is 1.25 bits per heavy atom. The summed E-state index contributed by atoms with van der Waals surface area (Å²) < 4.78 is 3.90. The third-order valence-electron chi connectivity index (χ3n) is 5.42. The molecular weight excluding hydrogens is 352 g/mol. The van der Waals surface area contributed by atoms with E-state index in [9.17, 15) is 4.79 Å². The predicted octanol–water partition coefficient (Wildman–Crippen LogP) is 3.67. The topological polar surface area (TPSA) is 78.5 Å². The quantitative estimate of drug-likeness (QED) is 0.612. The van der Waals surface area contributed by atoms with E-state index in [0.29, 0.717) is 12.3 Å². The number of hydrogen-bond donors (Lipinski definition) is 0. The first-order valence-corrected chi connectivity index (χ1v) is 9.80. The minimum Gasteiger partial charge on any atom is -0.294 e. The van der Waals surface area contributed by atoms with Gasteiger partial charge in [-0.15, -0.1) is 0 Å². The van der Waals surface area contributed by atoms with Crippen molar-refractivity contribution in [2.75, 3.05) is 0 Å². The zero-order chi connectivity index (χ0) is 20.0. The van der Waals surface area contributed by atoms with Gasteiger partial charge in [-0.3, -0.25) is 14.5 Å². The number of aryl methyl sites for hydroxylation is 2. The molecule has 0 bridgehead atoms. The lowest BCUT2D eigenvalue weighted by molar-refractivity contribution is 0.101. The van der Waals surface area contributed by atoms with Crippen LogP contribution < -0.4 is 0 Å². The maximum absolute atomic E-state index is 12.0. The van der Waals surface area contributed by atoms with E-state index in [2.05, 4.69) is 17.0 Å². The van der Waals surface area contributed by atoms with Gasteiger partial charge in [0.2, 0.25) is 0 Å². The molecule has 0 saturated heterocycles. The number of pyridine rings is 1. The Hall–Kier alpha value is -2.83. The number of aromatic nitrogens is 6. The van der Waals surface area contributed by atoms with Crippen LogP contribution in [0.15, 0.2) is 18.5 Å². The molecule has 1 unspecified atom stereocenters. The van der Waals surface area contributed by atoms with Gasteiger partial charge in [0.05, 0.1) is 23.0 Å². The van der Waals surface area contributed by atoms with Gasteiger partial charge >= 0.3 is 0 Å². The standard InChI is InChI=1S/C21H26N6O/c1-12-11-22-9-8-18(12)27-19(23-21(25-27)17-6-7-17)10-13(2)26-15(4)20(16(5)28)14(3)24-26/h8-9,11,13,17H,6-7,10H2,1-5H3. The van der Waals surface area contributed by atoms with Crippen molar-refractivity contribution in [3.63, 3.8) is 0 Å². The van der Waals surface area contributed by atoms with Crippen LogP contribution in [0.3, 0.4) is 0 Å². The molecule has 1 atom stereocenters. The highest BCUT2D eigenvalue weighted by molar-refractivity contribution is 5.96. The Labute approximate surface area is 164 Å². The lowest BCUT2D eigenvalue weighted by Crippen LogP contribution is -2.15. The molecule has 0 radical (unpaired) electrons. The Bertz CT molecular complexity index is 1040. The zero-order valence-corrected chi connectivity index (χ0v) is 17.1. The zero-order valence-electron chi connectivity index (χ0n) is 17.1. The lowest BCUT2D eigenvalue weighted by atomic mass is 10.1.